The maximum absolute atomic E-state index is 13.5. The van der Waals surface area contributed by atoms with Gasteiger partial charge in [0.1, 0.15) is 11.5 Å². The lowest BCUT2D eigenvalue weighted by Gasteiger charge is -2.13. The van der Waals surface area contributed by atoms with Crippen LogP contribution in [0.3, 0.4) is 0 Å². The number of nitrogens with zero attached hydrogens (tertiary/aromatic N) is 5. The van der Waals surface area contributed by atoms with E-state index in [-0.39, 0.29) is 28.5 Å². The van der Waals surface area contributed by atoms with E-state index in [2.05, 4.69) is 25.1 Å². The van der Waals surface area contributed by atoms with Crippen molar-refractivity contribution in [1.82, 2.24) is 25.1 Å². The third kappa shape index (κ3) is 4.61. The molecule has 33 heavy (non-hydrogen) atoms. The summed E-state index contributed by atoms with van der Waals surface area (Å²) in [6, 6.07) is 6.53. The van der Waals surface area contributed by atoms with Crippen molar-refractivity contribution in [1.29, 1.82) is 0 Å². The molecule has 2 N–H and O–H groups in total. The van der Waals surface area contributed by atoms with Gasteiger partial charge in [0.2, 0.25) is 11.6 Å². The molecule has 3 aromatic heterocycles. The molecule has 0 fully saturated rings. The normalized spacial score (nSPS) is 12.2. The van der Waals surface area contributed by atoms with Gasteiger partial charge in [-0.2, -0.15) is 31.3 Å². The van der Waals surface area contributed by atoms with Gasteiger partial charge >= 0.3 is 12.4 Å². The summed E-state index contributed by atoms with van der Waals surface area (Å²) in [6.07, 6.45) is -8.13. The summed E-state index contributed by atoms with van der Waals surface area (Å²) in [5, 5.41) is 3.69. The van der Waals surface area contributed by atoms with Crippen molar-refractivity contribution in [2.75, 3.05) is 5.73 Å². The first kappa shape index (κ1) is 22.2. The van der Waals surface area contributed by atoms with E-state index >= 15 is 0 Å². The van der Waals surface area contributed by atoms with E-state index < -0.39 is 35.3 Å². The van der Waals surface area contributed by atoms with Gasteiger partial charge < -0.3 is 10.3 Å². The zero-order valence-corrected chi connectivity index (χ0v) is 16.5. The third-order valence-corrected chi connectivity index (χ3v) is 4.51. The number of nitrogen functional groups attached to an aromatic ring is 1. The van der Waals surface area contributed by atoms with Crippen molar-refractivity contribution in [2.45, 2.75) is 19.3 Å². The van der Waals surface area contributed by atoms with Crippen LogP contribution in [0.25, 0.3) is 34.4 Å². The summed E-state index contributed by atoms with van der Waals surface area (Å²) in [6.45, 7) is 1.20. The fraction of sp³-hybridized carbons (Fsp3) is 0.150. The van der Waals surface area contributed by atoms with Gasteiger partial charge in [0, 0.05) is 17.3 Å². The Morgan fingerprint density at radius 3 is 2.15 bits per heavy atom. The number of halogens is 6. The highest BCUT2D eigenvalue weighted by Crippen LogP contribution is 2.36. The molecule has 0 radical (unpaired) electrons. The third-order valence-electron chi connectivity index (χ3n) is 4.51. The van der Waals surface area contributed by atoms with Crippen molar-refractivity contribution in [3.8, 4) is 34.4 Å². The quantitative estimate of drug-likeness (QED) is 0.415. The fourth-order valence-electron chi connectivity index (χ4n) is 2.95. The maximum atomic E-state index is 13.5. The van der Waals surface area contributed by atoms with E-state index in [1.165, 1.54) is 25.3 Å². The second-order valence-electron chi connectivity index (χ2n) is 6.88. The largest absolute Gasteiger partial charge is 0.433 e. The van der Waals surface area contributed by atoms with E-state index in [0.29, 0.717) is 11.6 Å². The zero-order chi connectivity index (χ0) is 24.0. The number of anilines is 1. The average Bonchev–Trinajstić information content (AvgIpc) is 3.22. The number of alkyl halides is 6. The number of benzene rings is 1. The molecule has 0 saturated heterocycles. The molecular formula is C20H12F6N6O. The van der Waals surface area contributed by atoms with Crippen LogP contribution in [0.4, 0.5) is 32.2 Å². The first-order valence-corrected chi connectivity index (χ1v) is 9.12. The lowest BCUT2D eigenvalue weighted by Crippen LogP contribution is -2.11. The number of hydrogen-bond donors (Lipinski definition) is 1. The predicted octanol–water partition coefficient (Wildman–Crippen LogP) is 5.18. The monoisotopic (exact) mass is 466 g/mol. The Labute approximate surface area is 181 Å². The lowest BCUT2D eigenvalue weighted by molar-refractivity contribution is -0.141. The van der Waals surface area contributed by atoms with Crippen LogP contribution in [0.1, 0.15) is 16.8 Å². The topological polar surface area (TPSA) is 104 Å². The molecule has 3 heterocycles. The average molecular weight is 466 g/mol. The molecule has 0 aliphatic heterocycles. The van der Waals surface area contributed by atoms with E-state index in [4.69, 9.17) is 10.3 Å². The van der Waals surface area contributed by atoms with Crippen LogP contribution in [0.2, 0.25) is 0 Å². The van der Waals surface area contributed by atoms with Crippen molar-refractivity contribution in [2.24, 2.45) is 0 Å². The van der Waals surface area contributed by atoms with E-state index in [9.17, 15) is 26.3 Å². The molecule has 0 amide bonds. The Hall–Kier alpha value is -4.03. The highest BCUT2D eigenvalue weighted by atomic mass is 19.4. The minimum Gasteiger partial charge on any atom is -0.384 e. The Morgan fingerprint density at radius 2 is 1.55 bits per heavy atom. The van der Waals surface area contributed by atoms with E-state index in [1.807, 2.05) is 0 Å². The molecule has 170 valence electrons. The van der Waals surface area contributed by atoms with Gasteiger partial charge in [-0.05, 0) is 42.8 Å². The standard InChI is InChI=1S/C20H12F6N6O/c1-9-6-10(2-4-12(9)19(21,22)23)13-7-14(20(24,25)26)30-17(29-13)18-31-16(32-33-18)11-3-5-15(27)28-8-11/h2-8H,1H3,(H2,27,28). The van der Waals surface area contributed by atoms with Crippen molar-refractivity contribution in [3.05, 3.63) is 59.4 Å². The van der Waals surface area contributed by atoms with Gasteiger partial charge in [0.05, 0.1) is 11.3 Å². The summed E-state index contributed by atoms with van der Waals surface area (Å²) < 4.78 is 84.5. The molecule has 4 rings (SSSR count). The predicted molar refractivity (Wildman–Crippen MR) is 103 cm³/mol. The van der Waals surface area contributed by atoms with Gasteiger partial charge in [0.15, 0.2) is 0 Å². The summed E-state index contributed by atoms with van der Waals surface area (Å²) in [5.74, 6) is -0.720. The highest BCUT2D eigenvalue weighted by molar-refractivity contribution is 5.64. The SMILES string of the molecule is Cc1cc(-c2cc(C(F)(F)F)nc(-c3nc(-c4ccc(N)nc4)no3)n2)ccc1C(F)(F)F. The molecule has 0 aliphatic rings. The number of aromatic nitrogens is 5. The Bertz CT molecular complexity index is 1310. The summed E-state index contributed by atoms with van der Waals surface area (Å²) in [5.41, 5.74) is 3.24. The second kappa shape index (κ2) is 7.83. The first-order chi connectivity index (χ1) is 15.4. The number of rotatable bonds is 3. The van der Waals surface area contributed by atoms with E-state index in [0.717, 1.165) is 18.2 Å². The Morgan fingerprint density at radius 1 is 0.818 bits per heavy atom. The summed E-state index contributed by atoms with van der Waals surface area (Å²) in [7, 11) is 0. The Balaban J connectivity index is 1.80. The van der Waals surface area contributed by atoms with Crippen molar-refractivity contribution >= 4 is 5.82 Å². The minimum atomic E-state index is -4.86. The van der Waals surface area contributed by atoms with E-state index in [1.54, 1.807) is 0 Å². The lowest BCUT2D eigenvalue weighted by atomic mass is 10.0. The maximum Gasteiger partial charge on any atom is 0.433 e. The number of hydrogen-bond acceptors (Lipinski definition) is 7. The number of aryl methyl sites for hydroxylation is 1. The molecule has 0 unspecified atom stereocenters. The van der Waals surface area contributed by atoms with Crippen LogP contribution >= 0.6 is 0 Å². The van der Waals surface area contributed by atoms with Gasteiger partial charge in [-0.3, -0.25) is 0 Å². The van der Waals surface area contributed by atoms with Crippen molar-refractivity contribution in [3.63, 3.8) is 0 Å². The molecule has 0 atom stereocenters. The molecule has 0 bridgehead atoms. The molecule has 0 spiro atoms. The molecule has 4 aromatic rings. The van der Waals surface area contributed by atoms with Crippen LogP contribution in [0, 0.1) is 6.92 Å². The number of pyridine rings is 1. The highest BCUT2D eigenvalue weighted by Gasteiger charge is 2.35. The van der Waals surface area contributed by atoms with Gasteiger partial charge in [0.25, 0.3) is 5.89 Å². The smallest absolute Gasteiger partial charge is 0.384 e. The molecule has 13 heteroatoms. The molecule has 1 aromatic carbocycles. The number of nitrogens with two attached hydrogens (primary N) is 1. The van der Waals surface area contributed by atoms with Crippen LogP contribution in [0.5, 0.6) is 0 Å². The fourth-order valence-corrected chi connectivity index (χ4v) is 2.95. The zero-order valence-electron chi connectivity index (χ0n) is 16.5. The summed E-state index contributed by atoms with van der Waals surface area (Å²) >= 11 is 0. The molecule has 0 aliphatic carbocycles. The van der Waals surface area contributed by atoms with Gasteiger partial charge in [-0.25, -0.2) is 15.0 Å². The van der Waals surface area contributed by atoms with Crippen molar-refractivity contribution < 1.29 is 30.9 Å². The second-order valence-corrected chi connectivity index (χ2v) is 6.88. The van der Waals surface area contributed by atoms with Crippen LogP contribution in [0.15, 0.2) is 47.1 Å². The molecular weight excluding hydrogens is 454 g/mol. The van der Waals surface area contributed by atoms with Crippen LogP contribution in [-0.4, -0.2) is 25.1 Å². The van der Waals surface area contributed by atoms with Crippen LogP contribution < -0.4 is 5.73 Å². The molecule has 7 nitrogen and oxygen atoms in total. The van der Waals surface area contributed by atoms with Crippen LogP contribution in [-0.2, 0) is 12.4 Å². The van der Waals surface area contributed by atoms with Gasteiger partial charge in [-0.15, -0.1) is 0 Å². The molecule has 0 saturated carbocycles. The Kier molecular flexibility index (Phi) is 5.26. The minimum absolute atomic E-state index is 0.00503. The van der Waals surface area contributed by atoms with Gasteiger partial charge in [-0.1, -0.05) is 11.2 Å². The summed E-state index contributed by atoms with van der Waals surface area (Å²) in [4.78, 5) is 15.3. The first-order valence-electron chi connectivity index (χ1n) is 9.12.